The molecule has 0 radical (unpaired) electrons. The lowest BCUT2D eigenvalue weighted by Gasteiger charge is -2.30. The number of sulfonamides is 1. The molecule has 1 N–H and O–H groups in total. The third-order valence-electron chi connectivity index (χ3n) is 6.19. The monoisotopic (exact) mass is 494 g/mol. The molecule has 1 amide bonds. The van der Waals surface area contributed by atoms with Crippen LogP contribution in [-0.2, 0) is 26.1 Å². The molecule has 2 fully saturated rings. The number of piperidine rings is 1. The van der Waals surface area contributed by atoms with Crippen LogP contribution < -0.4 is 10.1 Å². The van der Waals surface area contributed by atoms with Crippen molar-refractivity contribution >= 4 is 15.9 Å². The molecule has 7 nitrogen and oxygen atoms in total. The normalized spacial score (nSPS) is 19.8. The molecule has 2 aromatic rings. The van der Waals surface area contributed by atoms with Gasteiger partial charge in [-0.15, -0.1) is 0 Å². The Morgan fingerprint density at radius 1 is 1.09 bits per heavy atom. The number of amides is 1. The highest BCUT2D eigenvalue weighted by Gasteiger charge is 2.33. The van der Waals surface area contributed by atoms with Crippen molar-refractivity contribution in [3.63, 3.8) is 0 Å². The van der Waals surface area contributed by atoms with E-state index in [4.69, 9.17) is 9.47 Å². The summed E-state index contributed by atoms with van der Waals surface area (Å²) in [6.07, 6.45) is 2.83. The van der Waals surface area contributed by atoms with Gasteiger partial charge in [0.25, 0.3) is 0 Å². The van der Waals surface area contributed by atoms with Gasteiger partial charge in [-0.1, -0.05) is 12.1 Å². The quantitative estimate of drug-likeness (QED) is 0.609. The second kappa shape index (κ2) is 10.8. The van der Waals surface area contributed by atoms with Crippen LogP contribution in [0.5, 0.6) is 5.75 Å². The van der Waals surface area contributed by atoms with Crippen LogP contribution in [0.1, 0.15) is 31.2 Å². The Hall–Kier alpha value is -2.56. The van der Waals surface area contributed by atoms with Crippen LogP contribution >= 0.6 is 0 Å². The van der Waals surface area contributed by atoms with Crippen molar-refractivity contribution in [1.82, 2.24) is 9.62 Å². The van der Waals surface area contributed by atoms with E-state index in [1.807, 2.05) is 24.3 Å². The van der Waals surface area contributed by atoms with Gasteiger partial charge in [0, 0.05) is 32.2 Å². The minimum absolute atomic E-state index is 0.0626. The summed E-state index contributed by atoms with van der Waals surface area (Å²) < 4.78 is 65.2. The highest BCUT2D eigenvalue weighted by atomic mass is 32.2. The summed E-state index contributed by atoms with van der Waals surface area (Å²) in [5, 5.41) is 2.89. The van der Waals surface area contributed by atoms with Gasteiger partial charge in [0.2, 0.25) is 15.9 Å². The Kier molecular flexibility index (Phi) is 7.80. The summed E-state index contributed by atoms with van der Waals surface area (Å²) in [5.74, 6) is -1.58. The summed E-state index contributed by atoms with van der Waals surface area (Å²) in [7, 11) is -4.17. The van der Waals surface area contributed by atoms with E-state index >= 15 is 0 Å². The van der Waals surface area contributed by atoms with Crippen molar-refractivity contribution in [2.24, 2.45) is 5.92 Å². The Balaban J connectivity index is 1.24. The zero-order valence-corrected chi connectivity index (χ0v) is 19.5. The zero-order valence-electron chi connectivity index (χ0n) is 18.7. The molecule has 10 heteroatoms. The van der Waals surface area contributed by atoms with Crippen LogP contribution in [0.3, 0.4) is 0 Å². The fraction of sp³-hybridized carbons (Fsp3) is 0.458. The number of hydrogen-bond donors (Lipinski definition) is 1. The summed E-state index contributed by atoms with van der Waals surface area (Å²) in [4.78, 5) is 11.9. The third kappa shape index (κ3) is 5.92. The molecular formula is C24H28F2N2O5S. The second-order valence-electron chi connectivity index (χ2n) is 8.56. The molecule has 34 heavy (non-hydrogen) atoms. The number of ether oxygens (including phenoxy) is 2. The number of carbonyl (C=O) groups excluding carboxylic acids is 1. The summed E-state index contributed by atoms with van der Waals surface area (Å²) in [5.41, 5.74) is 0.916. The predicted octanol–water partition coefficient (Wildman–Crippen LogP) is 3.24. The van der Waals surface area contributed by atoms with Gasteiger partial charge in [-0.2, -0.15) is 4.31 Å². The third-order valence-corrected chi connectivity index (χ3v) is 8.10. The first kappa shape index (κ1) is 24.6. The van der Waals surface area contributed by atoms with Crippen LogP contribution in [0, 0.1) is 17.6 Å². The first-order valence-corrected chi connectivity index (χ1v) is 12.8. The maximum Gasteiger partial charge on any atom is 0.246 e. The van der Waals surface area contributed by atoms with Crippen molar-refractivity contribution in [2.75, 3.05) is 26.3 Å². The van der Waals surface area contributed by atoms with E-state index in [-0.39, 0.29) is 31.0 Å². The predicted molar refractivity (Wildman–Crippen MR) is 121 cm³/mol. The first-order chi connectivity index (χ1) is 16.3. The number of rotatable bonds is 8. The molecule has 0 aromatic heterocycles. The Morgan fingerprint density at radius 3 is 2.50 bits per heavy atom. The molecule has 2 aliphatic heterocycles. The van der Waals surface area contributed by atoms with Gasteiger partial charge >= 0.3 is 0 Å². The summed E-state index contributed by atoms with van der Waals surface area (Å²) in [6.45, 7) is 1.78. The Bertz CT molecular complexity index is 1100. The molecule has 1 atom stereocenters. The van der Waals surface area contributed by atoms with E-state index in [0.717, 1.165) is 47.2 Å². The smallest absolute Gasteiger partial charge is 0.246 e. The largest absolute Gasteiger partial charge is 0.491 e. The van der Waals surface area contributed by atoms with Gasteiger partial charge < -0.3 is 14.8 Å². The van der Waals surface area contributed by atoms with E-state index in [1.54, 1.807) is 0 Å². The molecule has 0 bridgehead atoms. The molecule has 2 aliphatic rings. The minimum atomic E-state index is -4.17. The fourth-order valence-electron chi connectivity index (χ4n) is 4.17. The lowest BCUT2D eigenvalue weighted by atomic mass is 9.97. The topological polar surface area (TPSA) is 84.9 Å². The van der Waals surface area contributed by atoms with Crippen LogP contribution in [0.4, 0.5) is 8.78 Å². The zero-order chi connectivity index (χ0) is 24.1. The van der Waals surface area contributed by atoms with Crippen LogP contribution in [-0.4, -0.2) is 51.0 Å². The molecule has 0 aliphatic carbocycles. The second-order valence-corrected chi connectivity index (χ2v) is 10.5. The van der Waals surface area contributed by atoms with E-state index in [9.17, 15) is 22.0 Å². The van der Waals surface area contributed by atoms with Gasteiger partial charge in [0.1, 0.15) is 28.9 Å². The average Bonchev–Trinajstić information content (AvgIpc) is 3.37. The minimum Gasteiger partial charge on any atom is -0.491 e. The van der Waals surface area contributed by atoms with Gasteiger partial charge in [-0.3, -0.25) is 4.79 Å². The van der Waals surface area contributed by atoms with Crippen LogP contribution in [0.25, 0.3) is 0 Å². The van der Waals surface area contributed by atoms with Crippen molar-refractivity contribution in [1.29, 1.82) is 0 Å². The van der Waals surface area contributed by atoms with Crippen molar-refractivity contribution < 1.29 is 31.5 Å². The molecule has 184 valence electrons. The van der Waals surface area contributed by atoms with Crippen molar-refractivity contribution in [3.05, 3.63) is 59.7 Å². The molecular weight excluding hydrogens is 466 g/mol. The molecule has 2 heterocycles. The molecule has 2 saturated heterocycles. The van der Waals surface area contributed by atoms with Gasteiger partial charge in [-0.25, -0.2) is 17.2 Å². The maximum atomic E-state index is 14.0. The highest BCUT2D eigenvalue weighted by Crippen LogP contribution is 2.26. The Labute approximate surface area is 198 Å². The number of halogens is 2. The molecule has 0 saturated carbocycles. The SMILES string of the molecule is O=C(NCc1ccc(OCC2CCCO2)cc1)C1CCN(S(=O)(=O)c2cc(F)ccc2F)CC1. The van der Waals surface area contributed by atoms with Crippen molar-refractivity contribution in [3.8, 4) is 5.75 Å². The number of benzene rings is 2. The van der Waals surface area contributed by atoms with E-state index < -0.39 is 26.6 Å². The van der Waals surface area contributed by atoms with Gasteiger partial charge in [0.05, 0.1) is 6.10 Å². The summed E-state index contributed by atoms with van der Waals surface area (Å²) in [6, 6.07) is 9.82. The van der Waals surface area contributed by atoms with Gasteiger partial charge in [-0.05, 0) is 61.6 Å². The Morgan fingerprint density at radius 2 is 1.82 bits per heavy atom. The van der Waals surface area contributed by atoms with Gasteiger partial charge in [0.15, 0.2) is 0 Å². The average molecular weight is 495 g/mol. The number of hydrogen-bond acceptors (Lipinski definition) is 5. The number of nitrogens with zero attached hydrogens (tertiary/aromatic N) is 1. The van der Waals surface area contributed by atoms with E-state index in [1.165, 1.54) is 0 Å². The van der Waals surface area contributed by atoms with E-state index in [0.29, 0.717) is 32.1 Å². The highest BCUT2D eigenvalue weighted by molar-refractivity contribution is 7.89. The van der Waals surface area contributed by atoms with E-state index in [2.05, 4.69) is 5.32 Å². The molecule has 4 rings (SSSR count). The molecule has 2 aromatic carbocycles. The van der Waals surface area contributed by atoms with Crippen molar-refractivity contribution in [2.45, 2.75) is 43.2 Å². The van der Waals surface area contributed by atoms with Crippen LogP contribution in [0.15, 0.2) is 47.4 Å². The first-order valence-electron chi connectivity index (χ1n) is 11.4. The molecule has 0 spiro atoms. The maximum absolute atomic E-state index is 14.0. The number of carbonyl (C=O) groups is 1. The lowest BCUT2D eigenvalue weighted by Crippen LogP contribution is -2.43. The molecule has 1 unspecified atom stereocenters. The number of nitrogens with one attached hydrogen (secondary N) is 1. The standard InChI is InChI=1S/C24H28F2N2O5S/c25-19-5-8-22(26)23(14-19)34(30,31)28-11-9-18(10-12-28)24(29)27-15-17-3-6-20(7-4-17)33-16-21-2-1-13-32-21/h3-8,14,18,21H,1-2,9-13,15-16H2,(H,27,29). The fourth-order valence-corrected chi connectivity index (χ4v) is 5.72. The summed E-state index contributed by atoms with van der Waals surface area (Å²) >= 11 is 0. The lowest BCUT2D eigenvalue weighted by molar-refractivity contribution is -0.126. The van der Waals surface area contributed by atoms with Crippen LogP contribution in [0.2, 0.25) is 0 Å².